The minimum absolute atomic E-state index is 0.0720. The van der Waals surface area contributed by atoms with E-state index in [1.807, 2.05) is 0 Å². The van der Waals surface area contributed by atoms with Gasteiger partial charge in [0.25, 0.3) is 0 Å². The highest BCUT2D eigenvalue weighted by atomic mass is 35.5. The Bertz CT molecular complexity index is 887. The average molecular weight is 383 g/mol. The lowest BCUT2D eigenvalue weighted by Crippen LogP contribution is -2.31. The fourth-order valence-electron chi connectivity index (χ4n) is 2.73. The first-order chi connectivity index (χ1) is 11.8. The zero-order valence-electron chi connectivity index (χ0n) is 13.2. The average Bonchev–Trinajstić information content (AvgIpc) is 2.95. The van der Waals surface area contributed by atoms with Crippen LogP contribution < -0.4 is 9.62 Å². The molecule has 0 spiro atoms. The summed E-state index contributed by atoms with van der Waals surface area (Å²) in [7, 11) is -3.81. The third-order valence-electron chi connectivity index (χ3n) is 4.01. The van der Waals surface area contributed by atoms with E-state index in [0.29, 0.717) is 11.6 Å². The molecule has 0 aromatic heterocycles. The molecule has 5 nitrogen and oxygen atoms in total. The van der Waals surface area contributed by atoms with Crippen molar-refractivity contribution in [2.75, 3.05) is 18.0 Å². The number of amides is 1. The van der Waals surface area contributed by atoms with Gasteiger partial charge in [0.05, 0.1) is 4.90 Å². The van der Waals surface area contributed by atoms with Crippen LogP contribution in [0.3, 0.4) is 0 Å². The van der Waals surface area contributed by atoms with E-state index in [1.165, 1.54) is 18.2 Å². The molecule has 1 N–H and O–H groups in total. The number of carbonyl (C=O) groups excluding carboxylic acids is 1. The molecule has 8 heteroatoms. The molecule has 132 valence electrons. The number of hydrogen-bond donors (Lipinski definition) is 1. The Morgan fingerprint density at radius 3 is 2.60 bits per heavy atom. The van der Waals surface area contributed by atoms with E-state index >= 15 is 0 Å². The summed E-state index contributed by atoms with van der Waals surface area (Å²) in [5.41, 5.74) is 0.727. The van der Waals surface area contributed by atoms with Crippen molar-refractivity contribution in [2.24, 2.45) is 5.92 Å². The first kappa shape index (κ1) is 17.8. The molecular weight excluding hydrogens is 367 g/mol. The number of benzene rings is 2. The monoisotopic (exact) mass is 382 g/mol. The highest BCUT2D eigenvalue weighted by Gasteiger charge is 2.31. The van der Waals surface area contributed by atoms with Gasteiger partial charge in [-0.05, 0) is 48.4 Å². The topological polar surface area (TPSA) is 66.5 Å². The lowest BCUT2D eigenvalue weighted by molar-refractivity contribution is -0.117. The Morgan fingerprint density at radius 1 is 1.20 bits per heavy atom. The standard InChI is InChI=1S/C17H16ClFN2O3S/c18-13-4-6-15(7-5-13)21-11-12(8-17(21)22)10-20-25(23,24)16-3-1-2-14(19)9-16/h1-7,9,12,20H,8,10-11H2. The summed E-state index contributed by atoms with van der Waals surface area (Å²) in [6.45, 7) is 0.515. The van der Waals surface area contributed by atoms with Crippen LogP contribution in [0.5, 0.6) is 0 Å². The van der Waals surface area contributed by atoms with Crippen LogP contribution in [0.2, 0.25) is 5.02 Å². The van der Waals surface area contributed by atoms with Crippen molar-refractivity contribution in [2.45, 2.75) is 11.3 Å². The Labute approximate surface area is 150 Å². The van der Waals surface area contributed by atoms with E-state index in [-0.39, 0.29) is 29.7 Å². The normalized spacial score (nSPS) is 17.9. The molecule has 1 aliphatic heterocycles. The minimum atomic E-state index is -3.81. The fourth-order valence-corrected chi connectivity index (χ4v) is 4.01. The molecule has 1 amide bonds. The van der Waals surface area contributed by atoms with Crippen LogP contribution in [-0.2, 0) is 14.8 Å². The van der Waals surface area contributed by atoms with E-state index in [2.05, 4.69) is 4.72 Å². The zero-order chi connectivity index (χ0) is 18.0. The van der Waals surface area contributed by atoms with Gasteiger partial charge < -0.3 is 4.90 Å². The summed E-state index contributed by atoms with van der Waals surface area (Å²) in [5.74, 6) is -0.850. The second-order valence-electron chi connectivity index (χ2n) is 5.86. The molecule has 0 bridgehead atoms. The lowest BCUT2D eigenvalue weighted by Gasteiger charge is -2.17. The van der Waals surface area contributed by atoms with Gasteiger partial charge in [-0.2, -0.15) is 0 Å². The van der Waals surface area contributed by atoms with Crippen LogP contribution in [0.4, 0.5) is 10.1 Å². The van der Waals surface area contributed by atoms with Gasteiger partial charge in [0, 0.05) is 30.2 Å². The van der Waals surface area contributed by atoms with Crippen molar-refractivity contribution in [1.82, 2.24) is 4.72 Å². The Morgan fingerprint density at radius 2 is 1.92 bits per heavy atom. The Hall–Kier alpha value is -1.96. The number of nitrogens with zero attached hydrogens (tertiary/aromatic N) is 1. The van der Waals surface area contributed by atoms with Gasteiger partial charge in [-0.1, -0.05) is 17.7 Å². The van der Waals surface area contributed by atoms with Crippen LogP contribution in [0.25, 0.3) is 0 Å². The third-order valence-corrected chi connectivity index (χ3v) is 5.69. The molecule has 2 aromatic carbocycles. The number of sulfonamides is 1. The SMILES string of the molecule is O=C1CC(CNS(=O)(=O)c2cccc(F)c2)CN1c1ccc(Cl)cc1. The summed E-state index contributed by atoms with van der Waals surface area (Å²) in [4.78, 5) is 13.7. The summed E-state index contributed by atoms with van der Waals surface area (Å²) in [6.07, 6.45) is 0.244. The molecule has 25 heavy (non-hydrogen) atoms. The summed E-state index contributed by atoms with van der Waals surface area (Å²) in [5, 5.41) is 0.579. The molecule has 1 saturated heterocycles. The zero-order valence-corrected chi connectivity index (χ0v) is 14.7. The molecule has 1 fully saturated rings. The van der Waals surface area contributed by atoms with Gasteiger partial charge in [-0.3, -0.25) is 4.79 Å². The smallest absolute Gasteiger partial charge is 0.240 e. The van der Waals surface area contributed by atoms with Gasteiger partial charge in [0.2, 0.25) is 15.9 Å². The number of hydrogen-bond acceptors (Lipinski definition) is 3. The van der Waals surface area contributed by atoms with E-state index < -0.39 is 15.8 Å². The summed E-state index contributed by atoms with van der Waals surface area (Å²) < 4.78 is 40.1. The predicted molar refractivity (Wildman–Crippen MR) is 93.5 cm³/mol. The number of carbonyl (C=O) groups is 1. The van der Waals surface area contributed by atoms with Gasteiger partial charge >= 0.3 is 0 Å². The van der Waals surface area contributed by atoms with Crippen molar-refractivity contribution in [1.29, 1.82) is 0 Å². The highest BCUT2D eigenvalue weighted by Crippen LogP contribution is 2.26. The number of anilines is 1. The maximum atomic E-state index is 13.2. The number of halogens is 2. The molecule has 1 unspecified atom stereocenters. The van der Waals surface area contributed by atoms with Crippen molar-refractivity contribution in [3.63, 3.8) is 0 Å². The van der Waals surface area contributed by atoms with Crippen LogP contribution in [0.15, 0.2) is 53.4 Å². The van der Waals surface area contributed by atoms with Crippen molar-refractivity contribution in [3.8, 4) is 0 Å². The van der Waals surface area contributed by atoms with Gasteiger partial charge in [0.1, 0.15) is 5.82 Å². The van der Waals surface area contributed by atoms with Crippen LogP contribution in [0, 0.1) is 11.7 Å². The third kappa shape index (κ3) is 4.18. The minimum Gasteiger partial charge on any atom is -0.312 e. The quantitative estimate of drug-likeness (QED) is 0.864. The van der Waals surface area contributed by atoms with E-state index in [0.717, 1.165) is 11.8 Å². The van der Waals surface area contributed by atoms with E-state index in [4.69, 9.17) is 11.6 Å². The summed E-state index contributed by atoms with van der Waals surface area (Å²) >= 11 is 5.85. The molecule has 1 atom stereocenters. The predicted octanol–water partition coefficient (Wildman–Crippen LogP) is 2.81. The largest absolute Gasteiger partial charge is 0.312 e. The maximum Gasteiger partial charge on any atom is 0.240 e. The second kappa shape index (κ2) is 7.11. The van der Waals surface area contributed by atoms with Crippen LogP contribution in [-0.4, -0.2) is 27.4 Å². The van der Waals surface area contributed by atoms with Crippen molar-refractivity contribution < 1.29 is 17.6 Å². The molecule has 1 aliphatic rings. The summed E-state index contributed by atoms with van der Waals surface area (Å²) in [6, 6.07) is 11.7. The molecule has 0 saturated carbocycles. The molecule has 2 aromatic rings. The molecule has 3 rings (SSSR count). The molecular formula is C17H16ClFN2O3S. The van der Waals surface area contributed by atoms with E-state index in [1.54, 1.807) is 29.2 Å². The van der Waals surface area contributed by atoms with Gasteiger partial charge in [-0.25, -0.2) is 17.5 Å². The second-order valence-corrected chi connectivity index (χ2v) is 8.06. The lowest BCUT2D eigenvalue weighted by atomic mass is 10.1. The first-order valence-electron chi connectivity index (χ1n) is 7.66. The highest BCUT2D eigenvalue weighted by molar-refractivity contribution is 7.89. The molecule has 0 radical (unpaired) electrons. The maximum absolute atomic E-state index is 13.2. The van der Waals surface area contributed by atoms with Gasteiger partial charge in [0.15, 0.2) is 0 Å². The Kier molecular flexibility index (Phi) is 5.08. The van der Waals surface area contributed by atoms with Crippen LogP contribution >= 0.6 is 11.6 Å². The van der Waals surface area contributed by atoms with Crippen molar-refractivity contribution >= 4 is 33.2 Å². The number of nitrogens with one attached hydrogen (secondary N) is 1. The Balaban J connectivity index is 1.65. The van der Waals surface area contributed by atoms with E-state index in [9.17, 15) is 17.6 Å². The van der Waals surface area contributed by atoms with Crippen LogP contribution in [0.1, 0.15) is 6.42 Å². The van der Waals surface area contributed by atoms with Crippen molar-refractivity contribution in [3.05, 3.63) is 59.4 Å². The first-order valence-corrected chi connectivity index (χ1v) is 9.52. The molecule has 0 aliphatic carbocycles. The number of rotatable bonds is 5. The van der Waals surface area contributed by atoms with Gasteiger partial charge in [-0.15, -0.1) is 0 Å². The fraction of sp³-hybridized carbons (Fsp3) is 0.235. The molecule has 1 heterocycles.